The van der Waals surface area contributed by atoms with E-state index in [1.165, 1.54) is 18.4 Å². The number of aromatic nitrogens is 4. The summed E-state index contributed by atoms with van der Waals surface area (Å²) in [6.07, 6.45) is 2.02. The standard InChI is InChI=1S/C28H22N6O5S/c1-14-7-21-25(37-12-18(39-21)13-38-28(35)32-16-6-5-15(2)30-10-16)26-23(14)34-27(40-26)19-8-17(29-3)9-20-24(19)31-11-22(33-20)36-4/h5-11,18H,12-13H2,1-2,4H3,(H,32,35)/t18-/m1/s1. The Hall–Kier alpha value is -5.02. The molecule has 1 atom stereocenters. The molecule has 1 N–H and O–H groups in total. The molecule has 40 heavy (non-hydrogen) atoms. The van der Waals surface area contributed by atoms with Gasteiger partial charge in [0.05, 0.1) is 48.3 Å². The van der Waals surface area contributed by atoms with Crippen LogP contribution in [0.4, 0.5) is 16.2 Å². The Morgan fingerprint density at radius 2 is 2.05 bits per heavy atom. The van der Waals surface area contributed by atoms with Crippen LogP contribution in [0.1, 0.15) is 11.3 Å². The molecule has 200 valence electrons. The first-order valence-electron chi connectivity index (χ1n) is 12.2. The lowest BCUT2D eigenvalue weighted by molar-refractivity contribution is 0.0383. The fourth-order valence-electron chi connectivity index (χ4n) is 4.28. The van der Waals surface area contributed by atoms with Crippen molar-refractivity contribution < 1.29 is 23.7 Å². The smallest absolute Gasteiger partial charge is 0.411 e. The minimum absolute atomic E-state index is 0.00707. The van der Waals surface area contributed by atoms with Crippen LogP contribution in [0.3, 0.4) is 0 Å². The molecule has 0 radical (unpaired) electrons. The molecule has 0 unspecified atom stereocenters. The molecule has 4 heterocycles. The van der Waals surface area contributed by atoms with Crippen molar-refractivity contribution in [3.63, 3.8) is 0 Å². The molecule has 0 bridgehead atoms. The summed E-state index contributed by atoms with van der Waals surface area (Å²) in [4.78, 5) is 33.8. The Balaban J connectivity index is 1.25. The van der Waals surface area contributed by atoms with Gasteiger partial charge in [0.2, 0.25) is 5.88 Å². The van der Waals surface area contributed by atoms with Crippen molar-refractivity contribution in [2.75, 3.05) is 25.6 Å². The fraction of sp³-hybridized carbons (Fsp3) is 0.214. The van der Waals surface area contributed by atoms with Gasteiger partial charge in [0.15, 0.2) is 23.3 Å². The van der Waals surface area contributed by atoms with Gasteiger partial charge in [-0.2, -0.15) is 0 Å². The van der Waals surface area contributed by atoms with E-state index >= 15 is 0 Å². The number of anilines is 1. The highest BCUT2D eigenvalue weighted by Gasteiger charge is 2.27. The summed E-state index contributed by atoms with van der Waals surface area (Å²) in [6, 6.07) is 8.86. The van der Waals surface area contributed by atoms with E-state index in [0.29, 0.717) is 50.4 Å². The van der Waals surface area contributed by atoms with Gasteiger partial charge in [-0.3, -0.25) is 10.3 Å². The quantitative estimate of drug-likeness (QED) is 0.266. The molecule has 1 aliphatic heterocycles. The minimum atomic E-state index is -0.603. The summed E-state index contributed by atoms with van der Waals surface area (Å²) in [7, 11) is 1.52. The summed E-state index contributed by atoms with van der Waals surface area (Å²) in [5, 5.41) is 3.32. The van der Waals surface area contributed by atoms with E-state index in [1.807, 2.05) is 19.9 Å². The van der Waals surface area contributed by atoms with Gasteiger partial charge in [-0.15, -0.1) is 11.3 Å². The van der Waals surface area contributed by atoms with Crippen LogP contribution in [-0.2, 0) is 4.74 Å². The number of ether oxygens (including phenoxy) is 4. The van der Waals surface area contributed by atoms with Crippen LogP contribution in [0, 0.1) is 20.4 Å². The van der Waals surface area contributed by atoms with E-state index in [0.717, 1.165) is 21.5 Å². The largest absolute Gasteiger partial charge is 0.484 e. The molecule has 1 amide bonds. The molecule has 0 saturated carbocycles. The van der Waals surface area contributed by atoms with Crippen molar-refractivity contribution in [2.24, 2.45) is 0 Å². The molecule has 12 heteroatoms. The Bertz CT molecular complexity index is 1820. The molecule has 6 rings (SSSR count). The van der Waals surface area contributed by atoms with Gasteiger partial charge >= 0.3 is 6.09 Å². The van der Waals surface area contributed by atoms with E-state index in [2.05, 4.69) is 25.1 Å². The molecular weight excluding hydrogens is 532 g/mol. The zero-order valence-corrected chi connectivity index (χ0v) is 22.5. The molecule has 11 nitrogen and oxygen atoms in total. The van der Waals surface area contributed by atoms with Crippen LogP contribution in [0.2, 0.25) is 0 Å². The second kappa shape index (κ2) is 10.3. The number of amides is 1. The number of hydrogen-bond acceptors (Lipinski definition) is 10. The normalized spacial score (nSPS) is 14.1. The lowest BCUT2D eigenvalue weighted by Crippen LogP contribution is -2.35. The topological polar surface area (TPSA) is 122 Å². The predicted octanol–water partition coefficient (Wildman–Crippen LogP) is 5.87. The molecule has 0 fully saturated rings. The molecule has 0 spiro atoms. The molecule has 5 aromatic rings. The number of fused-ring (bicyclic) bond motifs is 4. The summed E-state index contributed by atoms with van der Waals surface area (Å²) >= 11 is 1.43. The number of nitrogens with one attached hydrogen (secondary N) is 1. The van der Waals surface area contributed by atoms with Crippen molar-refractivity contribution in [1.29, 1.82) is 0 Å². The van der Waals surface area contributed by atoms with Gasteiger partial charge in [-0.05, 0) is 49.7 Å². The predicted molar refractivity (Wildman–Crippen MR) is 150 cm³/mol. The van der Waals surface area contributed by atoms with Gasteiger partial charge in [0.25, 0.3) is 0 Å². The third kappa shape index (κ3) is 4.78. The molecule has 0 aliphatic carbocycles. The maximum Gasteiger partial charge on any atom is 0.411 e. The highest BCUT2D eigenvalue weighted by atomic mass is 32.1. The van der Waals surface area contributed by atoms with Crippen LogP contribution in [0.25, 0.3) is 36.7 Å². The molecule has 2 aromatic carbocycles. The monoisotopic (exact) mass is 554 g/mol. The van der Waals surface area contributed by atoms with Crippen LogP contribution in [-0.4, -0.2) is 52.5 Å². The van der Waals surface area contributed by atoms with Gasteiger partial charge in [-0.1, -0.05) is 0 Å². The molecule has 3 aromatic heterocycles. The van der Waals surface area contributed by atoms with E-state index in [1.54, 1.807) is 36.7 Å². The number of hydrogen-bond donors (Lipinski definition) is 1. The number of carbonyl (C=O) groups is 1. The summed E-state index contributed by atoms with van der Waals surface area (Å²) in [5.74, 6) is 1.49. The number of thiazole rings is 1. The number of carbonyl (C=O) groups excluding carboxylic acids is 1. The highest BCUT2D eigenvalue weighted by Crippen LogP contribution is 2.46. The molecular formula is C28H22N6O5S. The average molecular weight is 555 g/mol. The summed E-state index contributed by atoms with van der Waals surface area (Å²) < 4.78 is 23.6. The minimum Gasteiger partial charge on any atom is -0.484 e. The first-order valence-corrected chi connectivity index (χ1v) is 13.1. The number of benzene rings is 2. The molecule has 0 saturated heterocycles. The number of methoxy groups -OCH3 is 1. The zero-order valence-electron chi connectivity index (χ0n) is 21.7. The van der Waals surface area contributed by atoms with Crippen molar-refractivity contribution in [1.82, 2.24) is 19.9 Å². The summed E-state index contributed by atoms with van der Waals surface area (Å²) in [5.41, 5.74) is 5.34. The lowest BCUT2D eigenvalue weighted by atomic mass is 10.1. The highest BCUT2D eigenvalue weighted by molar-refractivity contribution is 7.22. The Labute approximate surface area is 232 Å². The van der Waals surface area contributed by atoms with Crippen molar-refractivity contribution in [3.8, 4) is 28.0 Å². The van der Waals surface area contributed by atoms with Crippen molar-refractivity contribution in [2.45, 2.75) is 20.0 Å². The van der Waals surface area contributed by atoms with Gasteiger partial charge in [-0.25, -0.2) is 24.6 Å². The van der Waals surface area contributed by atoms with E-state index in [-0.39, 0.29) is 13.2 Å². The number of rotatable bonds is 5. The zero-order chi connectivity index (χ0) is 27.8. The first-order chi connectivity index (χ1) is 19.4. The van der Waals surface area contributed by atoms with E-state index < -0.39 is 12.2 Å². The van der Waals surface area contributed by atoms with Crippen molar-refractivity contribution >= 4 is 50.1 Å². The van der Waals surface area contributed by atoms with Crippen molar-refractivity contribution in [3.05, 3.63) is 65.4 Å². The Morgan fingerprint density at radius 3 is 2.83 bits per heavy atom. The first kappa shape index (κ1) is 25.3. The van der Waals surface area contributed by atoms with E-state index in [9.17, 15) is 4.79 Å². The fourth-order valence-corrected chi connectivity index (χ4v) is 5.43. The number of nitrogens with zero attached hydrogens (tertiary/aromatic N) is 5. The maximum atomic E-state index is 12.2. The van der Waals surface area contributed by atoms with E-state index in [4.69, 9.17) is 30.5 Å². The Kier molecular flexibility index (Phi) is 6.49. The number of aryl methyl sites for hydroxylation is 2. The van der Waals surface area contributed by atoms with Gasteiger partial charge in [0, 0.05) is 11.3 Å². The SMILES string of the molecule is [C-]#[N+]c1cc(-c2nc3c(C)cc4c(c3s2)OC[C@H](COC(=O)Nc2ccc(C)nc2)O4)c2ncc(OC)nc2c1. The van der Waals surface area contributed by atoms with Gasteiger partial charge < -0.3 is 18.9 Å². The molecule has 1 aliphatic rings. The van der Waals surface area contributed by atoms with Crippen LogP contribution < -0.4 is 19.5 Å². The third-order valence-corrected chi connectivity index (χ3v) is 7.31. The van der Waals surface area contributed by atoms with Crippen LogP contribution >= 0.6 is 11.3 Å². The second-order valence-corrected chi connectivity index (χ2v) is 10.1. The lowest BCUT2D eigenvalue weighted by Gasteiger charge is -2.26. The average Bonchev–Trinajstić information content (AvgIpc) is 3.42. The van der Waals surface area contributed by atoms with Crippen LogP contribution in [0.5, 0.6) is 17.4 Å². The Morgan fingerprint density at radius 1 is 1.18 bits per heavy atom. The van der Waals surface area contributed by atoms with Gasteiger partial charge in [0.1, 0.15) is 22.9 Å². The number of pyridine rings is 1. The van der Waals surface area contributed by atoms with Crippen LogP contribution in [0.15, 0.2) is 42.7 Å². The second-order valence-electron chi connectivity index (χ2n) is 9.07. The third-order valence-electron chi connectivity index (χ3n) is 6.22. The summed E-state index contributed by atoms with van der Waals surface area (Å²) in [6.45, 7) is 11.5. The maximum absolute atomic E-state index is 12.2.